The van der Waals surface area contributed by atoms with E-state index in [-0.39, 0.29) is 0 Å². The Labute approximate surface area is 122 Å². The van der Waals surface area contributed by atoms with E-state index in [1.165, 1.54) is 0 Å². The predicted octanol–water partition coefficient (Wildman–Crippen LogP) is 3.95. The van der Waals surface area contributed by atoms with E-state index in [0.29, 0.717) is 22.5 Å². The van der Waals surface area contributed by atoms with Gasteiger partial charge in [-0.15, -0.1) is 11.3 Å². The van der Waals surface area contributed by atoms with Gasteiger partial charge < -0.3 is 4.74 Å². The molecule has 0 aliphatic carbocycles. The molecule has 0 amide bonds. The minimum Gasteiger partial charge on any atom is -0.437 e. The van der Waals surface area contributed by atoms with Crippen LogP contribution in [0.3, 0.4) is 0 Å². The lowest BCUT2D eigenvalue weighted by atomic mass is 10.2. The summed E-state index contributed by atoms with van der Waals surface area (Å²) in [5.74, 6) is 1.26. The summed E-state index contributed by atoms with van der Waals surface area (Å²) in [5, 5.41) is 11.4. The first-order valence-corrected chi connectivity index (χ1v) is 7.50. The third-order valence-corrected chi connectivity index (χ3v) is 3.94. The highest BCUT2D eigenvalue weighted by molar-refractivity contribution is 9.08. The van der Waals surface area contributed by atoms with E-state index in [1.807, 2.05) is 16.0 Å². The quantitative estimate of drug-likeness (QED) is 0.682. The molecule has 0 aliphatic rings. The van der Waals surface area contributed by atoms with Crippen LogP contribution in [0.4, 0.5) is 0 Å². The second kappa shape index (κ2) is 5.03. The highest BCUT2D eigenvalue weighted by Gasteiger charge is 2.13. The summed E-state index contributed by atoms with van der Waals surface area (Å²) in [4.78, 5) is 5.35. The standard InChI is InChI=1S/C13H8BrN3OS/c14-7-11-12(16-13-17(11)5-6-19-13)18-10-3-1-9(8-15)2-4-10/h1-6H,7H2. The summed E-state index contributed by atoms with van der Waals surface area (Å²) in [6.07, 6.45) is 1.97. The first-order chi connectivity index (χ1) is 9.31. The van der Waals surface area contributed by atoms with Gasteiger partial charge in [-0.25, -0.2) is 0 Å². The molecule has 19 heavy (non-hydrogen) atoms. The van der Waals surface area contributed by atoms with Crippen LogP contribution in [0.15, 0.2) is 35.8 Å². The summed E-state index contributed by atoms with van der Waals surface area (Å²) in [5.41, 5.74) is 1.58. The van der Waals surface area contributed by atoms with Crippen molar-refractivity contribution in [2.45, 2.75) is 5.33 Å². The van der Waals surface area contributed by atoms with Crippen molar-refractivity contribution in [3.8, 4) is 17.7 Å². The molecular weight excluding hydrogens is 326 g/mol. The molecule has 0 bridgehead atoms. The maximum atomic E-state index is 8.76. The van der Waals surface area contributed by atoms with E-state index in [1.54, 1.807) is 35.6 Å². The molecule has 0 saturated heterocycles. The highest BCUT2D eigenvalue weighted by Crippen LogP contribution is 2.29. The topological polar surface area (TPSA) is 50.3 Å². The van der Waals surface area contributed by atoms with Crippen molar-refractivity contribution in [3.05, 3.63) is 47.1 Å². The minimum atomic E-state index is 0.591. The number of rotatable bonds is 3. The molecule has 0 N–H and O–H groups in total. The molecule has 0 spiro atoms. The largest absolute Gasteiger partial charge is 0.437 e. The van der Waals surface area contributed by atoms with Crippen LogP contribution in [0.5, 0.6) is 11.6 Å². The van der Waals surface area contributed by atoms with E-state index in [2.05, 4.69) is 27.0 Å². The molecule has 0 aliphatic heterocycles. The van der Waals surface area contributed by atoms with Gasteiger partial charge in [0.2, 0.25) is 5.88 Å². The van der Waals surface area contributed by atoms with Crippen molar-refractivity contribution >= 4 is 32.2 Å². The number of imidazole rings is 1. The third-order valence-electron chi connectivity index (χ3n) is 2.65. The summed E-state index contributed by atoms with van der Waals surface area (Å²) in [7, 11) is 0. The van der Waals surface area contributed by atoms with E-state index in [9.17, 15) is 0 Å². The van der Waals surface area contributed by atoms with Gasteiger partial charge in [-0.2, -0.15) is 10.2 Å². The van der Waals surface area contributed by atoms with Crippen LogP contribution in [0.2, 0.25) is 0 Å². The maximum absolute atomic E-state index is 8.76. The van der Waals surface area contributed by atoms with Crippen LogP contribution < -0.4 is 4.74 Å². The number of benzene rings is 1. The SMILES string of the molecule is N#Cc1ccc(Oc2nc3sccn3c2CBr)cc1. The number of hydrogen-bond donors (Lipinski definition) is 0. The number of alkyl halides is 1. The zero-order valence-electron chi connectivity index (χ0n) is 9.71. The summed E-state index contributed by atoms with van der Waals surface area (Å²) in [6, 6.07) is 9.06. The number of nitrogens with zero attached hydrogens (tertiary/aromatic N) is 3. The van der Waals surface area contributed by atoms with Crippen LogP contribution in [0.25, 0.3) is 4.96 Å². The number of hydrogen-bond acceptors (Lipinski definition) is 4. The first-order valence-electron chi connectivity index (χ1n) is 5.50. The van der Waals surface area contributed by atoms with Crippen molar-refractivity contribution in [1.82, 2.24) is 9.38 Å². The predicted molar refractivity (Wildman–Crippen MR) is 76.9 cm³/mol. The highest BCUT2D eigenvalue weighted by atomic mass is 79.9. The average Bonchev–Trinajstić information content (AvgIpc) is 3.00. The molecule has 3 aromatic rings. The molecule has 0 unspecified atom stereocenters. The Bertz CT molecular complexity index is 754. The molecule has 4 nitrogen and oxygen atoms in total. The molecule has 3 rings (SSSR count). The van der Waals surface area contributed by atoms with Crippen molar-refractivity contribution < 1.29 is 4.74 Å². The maximum Gasteiger partial charge on any atom is 0.243 e. The van der Waals surface area contributed by atoms with Gasteiger partial charge >= 0.3 is 0 Å². The summed E-state index contributed by atoms with van der Waals surface area (Å²) in [6.45, 7) is 0. The lowest BCUT2D eigenvalue weighted by Crippen LogP contribution is -1.90. The van der Waals surface area contributed by atoms with E-state index in [0.717, 1.165) is 10.7 Å². The van der Waals surface area contributed by atoms with E-state index < -0.39 is 0 Å². The fraction of sp³-hybridized carbons (Fsp3) is 0.0769. The van der Waals surface area contributed by atoms with Gasteiger partial charge in [-0.1, -0.05) is 15.9 Å². The fourth-order valence-electron chi connectivity index (χ4n) is 1.73. The Morgan fingerprint density at radius 3 is 2.84 bits per heavy atom. The van der Waals surface area contributed by atoms with Gasteiger partial charge in [-0.05, 0) is 24.3 Å². The number of nitriles is 1. The van der Waals surface area contributed by atoms with Crippen LogP contribution >= 0.6 is 27.3 Å². The Morgan fingerprint density at radius 2 is 2.16 bits per heavy atom. The Hall–Kier alpha value is -1.84. The lowest BCUT2D eigenvalue weighted by molar-refractivity contribution is 0.462. The molecule has 0 atom stereocenters. The molecular formula is C13H8BrN3OS. The molecule has 1 aromatic carbocycles. The third kappa shape index (κ3) is 2.23. The van der Waals surface area contributed by atoms with Crippen molar-refractivity contribution in [2.24, 2.45) is 0 Å². The van der Waals surface area contributed by atoms with Gasteiger partial charge in [0.1, 0.15) is 5.75 Å². The van der Waals surface area contributed by atoms with Crippen LogP contribution in [-0.4, -0.2) is 9.38 Å². The molecule has 94 valence electrons. The number of fused-ring (bicyclic) bond motifs is 1. The molecule has 0 radical (unpaired) electrons. The first kappa shape index (κ1) is 12.2. The molecule has 0 fully saturated rings. The smallest absolute Gasteiger partial charge is 0.243 e. The monoisotopic (exact) mass is 333 g/mol. The van der Waals surface area contributed by atoms with E-state index >= 15 is 0 Å². The van der Waals surface area contributed by atoms with Gasteiger partial charge in [0.25, 0.3) is 0 Å². The normalized spacial score (nSPS) is 10.5. The van der Waals surface area contributed by atoms with E-state index in [4.69, 9.17) is 10.00 Å². The molecule has 0 saturated carbocycles. The number of halogens is 1. The molecule has 2 aromatic heterocycles. The minimum absolute atomic E-state index is 0.591. The number of thiazole rings is 1. The van der Waals surface area contributed by atoms with Crippen molar-refractivity contribution in [1.29, 1.82) is 5.26 Å². The Balaban J connectivity index is 1.95. The van der Waals surface area contributed by atoms with Gasteiger partial charge in [0.05, 0.1) is 17.3 Å². The van der Waals surface area contributed by atoms with Crippen LogP contribution in [0.1, 0.15) is 11.3 Å². The second-order valence-electron chi connectivity index (χ2n) is 3.79. The fourth-order valence-corrected chi connectivity index (χ4v) is 2.96. The van der Waals surface area contributed by atoms with Gasteiger partial charge in [0.15, 0.2) is 4.96 Å². The Kier molecular flexibility index (Phi) is 3.23. The Morgan fingerprint density at radius 1 is 1.37 bits per heavy atom. The van der Waals surface area contributed by atoms with Crippen molar-refractivity contribution in [3.63, 3.8) is 0 Å². The zero-order chi connectivity index (χ0) is 13.2. The summed E-state index contributed by atoms with van der Waals surface area (Å²) >= 11 is 5.01. The molecule has 6 heteroatoms. The van der Waals surface area contributed by atoms with Crippen LogP contribution in [-0.2, 0) is 5.33 Å². The average molecular weight is 334 g/mol. The molecule has 2 heterocycles. The van der Waals surface area contributed by atoms with Gasteiger partial charge in [0, 0.05) is 16.9 Å². The summed E-state index contributed by atoms with van der Waals surface area (Å²) < 4.78 is 7.78. The lowest BCUT2D eigenvalue weighted by Gasteiger charge is -2.04. The zero-order valence-corrected chi connectivity index (χ0v) is 12.1. The number of ether oxygens (including phenoxy) is 1. The number of aromatic nitrogens is 2. The van der Waals surface area contributed by atoms with Gasteiger partial charge in [-0.3, -0.25) is 4.40 Å². The van der Waals surface area contributed by atoms with Crippen molar-refractivity contribution in [2.75, 3.05) is 0 Å². The second-order valence-corrected chi connectivity index (χ2v) is 5.22. The van der Waals surface area contributed by atoms with Crippen LogP contribution in [0, 0.1) is 11.3 Å².